The van der Waals surface area contributed by atoms with Crippen LogP contribution < -0.4 is 5.32 Å². The molecule has 1 aliphatic heterocycles. The van der Waals surface area contributed by atoms with Crippen molar-refractivity contribution in [2.24, 2.45) is 5.92 Å². The topological polar surface area (TPSA) is 49.4 Å². The van der Waals surface area contributed by atoms with Crippen LogP contribution in [0.15, 0.2) is 24.3 Å². The van der Waals surface area contributed by atoms with Gasteiger partial charge in [0, 0.05) is 19.6 Å². The van der Waals surface area contributed by atoms with Crippen LogP contribution in [-0.2, 0) is 16.0 Å². The molecule has 0 spiro atoms. The zero-order chi connectivity index (χ0) is 17.7. The molecule has 0 saturated carbocycles. The van der Waals surface area contributed by atoms with Gasteiger partial charge in [-0.25, -0.2) is 0 Å². The maximum atomic E-state index is 12.4. The van der Waals surface area contributed by atoms with E-state index >= 15 is 0 Å². The Morgan fingerprint density at radius 3 is 2.50 bits per heavy atom. The van der Waals surface area contributed by atoms with E-state index < -0.39 is 12.1 Å². The third-order valence-electron chi connectivity index (χ3n) is 4.18. The average Bonchev–Trinajstić information content (AvgIpc) is 2.52. The van der Waals surface area contributed by atoms with Gasteiger partial charge >= 0.3 is 12.1 Å². The largest absolute Gasteiger partial charge is 0.471 e. The molecule has 132 valence electrons. The molecule has 1 fully saturated rings. The molecule has 0 aromatic heterocycles. The first-order chi connectivity index (χ1) is 11.3. The summed E-state index contributed by atoms with van der Waals surface area (Å²) in [5, 5.41) is 2.83. The predicted molar refractivity (Wildman–Crippen MR) is 83.3 cm³/mol. The van der Waals surface area contributed by atoms with E-state index in [0.29, 0.717) is 19.4 Å². The first-order valence-corrected chi connectivity index (χ1v) is 7.94. The average molecular weight is 342 g/mol. The normalized spacial score (nSPS) is 16.1. The fourth-order valence-electron chi connectivity index (χ4n) is 2.85. The molecular weight excluding hydrogens is 321 g/mol. The Labute approximate surface area is 139 Å². The van der Waals surface area contributed by atoms with Crippen molar-refractivity contribution >= 4 is 11.8 Å². The van der Waals surface area contributed by atoms with Crippen LogP contribution in [0.3, 0.4) is 0 Å². The molecule has 1 aromatic carbocycles. The van der Waals surface area contributed by atoms with E-state index in [2.05, 4.69) is 5.32 Å². The van der Waals surface area contributed by atoms with Crippen LogP contribution in [0.25, 0.3) is 0 Å². The Morgan fingerprint density at radius 1 is 1.25 bits per heavy atom. The van der Waals surface area contributed by atoms with Crippen molar-refractivity contribution in [3.05, 3.63) is 35.4 Å². The van der Waals surface area contributed by atoms with Crippen LogP contribution in [0.4, 0.5) is 13.2 Å². The molecule has 0 atom stereocenters. The second-order valence-electron chi connectivity index (χ2n) is 6.20. The number of hydrogen-bond donors (Lipinski definition) is 1. The second-order valence-corrected chi connectivity index (χ2v) is 6.20. The summed E-state index contributed by atoms with van der Waals surface area (Å²) in [6.07, 6.45) is -3.60. The summed E-state index contributed by atoms with van der Waals surface area (Å²) in [5.74, 6) is -1.78. The van der Waals surface area contributed by atoms with Gasteiger partial charge in [-0.2, -0.15) is 13.2 Å². The third kappa shape index (κ3) is 5.25. The van der Waals surface area contributed by atoms with Crippen LogP contribution >= 0.6 is 0 Å². The van der Waals surface area contributed by atoms with Gasteiger partial charge in [0.25, 0.3) is 0 Å². The number of halogens is 3. The minimum Gasteiger partial charge on any atom is -0.356 e. The predicted octanol–water partition coefficient (Wildman–Crippen LogP) is 2.45. The van der Waals surface area contributed by atoms with Crippen molar-refractivity contribution < 1.29 is 22.8 Å². The highest BCUT2D eigenvalue weighted by Gasteiger charge is 2.43. The number of nitrogens with zero attached hydrogens (tertiary/aromatic N) is 1. The Hall–Kier alpha value is -2.05. The Morgan fingerprint density at radius 2 is 1.92 bits per heavy atom. The number of likely N-dealkylation sites (tertiary alicyclic amines) is 1. The molecule has 0 aliphatic carbocycles. The maximum absolute atomic E-state index is 12.4. The molecule has 1 aliphatic rings. The van der Waals surface area contributed by atoms with Crippen molar-refractivity contribution in [3.63, 3.8) is 0 Å². The van der Waals surface area contributed by atoms with Gasteiger partial charge in [-0.15, -0.1) is 0 Å². The molecule has 0 bridgehead atoms. The lowest BCUT2D eigenvalue weighted by atomic mass is 9.96. The van der Waals surface area contributed by atoms with Gasteiger partial charge in [-0.05, 0) is 31.2 Å². The van der Waals surface area contributed by atoms with Crippen LogP contribution in [0.5, 0.6) is 0 Å². The summed E-state index contributed by atoms with van der Waals surface area (Å²) in [6.45, 7) is 2.55. The van der Waals surface area contributed by atoms with E-state index in [9.17, 15) is 22.8 Å². The number of nitrogens with one attached hydrogen (secondary N) is 1. The van der Waals surface area contributed by atoms with Gasteiger partial charge in [-0.1, -0.05) is 29.8 Å². The van der Waals surface area contributed by atoms with Crippen molar-refractivity contribution in [1.82, 2.24) is 10.2 Å². The van der Waals surface area contributed by atoms with Crippen molar-refractivity contribution in [3.8, 4) is 0 Å². The zero-order valence-corrected chi connectivity index (χ0v) is 13.5. The summed E-state index contributed by atoms with van der Waals surface area (Å²) in [6, 6.07) is 7.68. The Bertz CT molecular complexity index is 594. The molecule has 7 heteroatoms. The first kappa shape index (κ1) is 18.3. The molecule has 1 aromatic rings. The maximum Gasteiger partial charge on any atom is 0.471 e. The standard InChI is InChI=1S/C17H21F3N2O2/c1-12-3-2-4-14(9-12)10-15(23)21-11-13-5-7-22(8-6-13)16(24)17(18,19)20/h2-4,9,13H,5-8,10-11H2,1H3,(H,21,23). The Kier molecular flexibility index (Phi) is 5.85. The van der Waals surface area contributed by atoms with Gasteiger partial charge in [0.1, 0.15) is 0 Å². The summed E-state index contributed by atoms with van der Waals surface area (Å²) >= 11 is 0. The summed E-state index contributed by atoms with van der Waals surface area (Å²) in [5.41, 5.74) is 2.01. The zero-order valence-electron chi connectivity index (χ0n) is 13.5. The number of rotatable bonds is 4. The summed E-state index contributed by atoms with van der Waals surface area (Å²) in [7, 11) is 0. The number of hydrogen-bond acceptors (Lipinski definition) is 2. The summed E-state index contributed by atoms with van der Waals surface area (Å²) in [4.78, 5) is 23.9. The monoisotopic (exact) mass is 342 g/mol. The summed E-state index contributed by atoms with van der Waals surface area (Å²) < 4.78 is 37.1. The number of alkyl halides is 3. The van der Waals surface area contributed by atoms with E-state index in [1.165, 1.54) is 0 Å². The quantitative estimate of drug-likeness (QED) is 0.914. The van der Waals surface area contributed by atoms with E-state index in [4.69, 9.17) is 0 Å². The number of piperidine rings is 1. The van der Waals surface area contributed by atoms with E-state index in [0.717, 1.165) is 16.0 Å². The van der Waals surface area contributed by atoms with Crippen molar-refractivity contribution in [2.45, 2.75) is 32.4 Å². The Balaban J connectivity index is 1.72. The van der Waals surface area contributed by atoms with E-state index in [1.54, 1.807) is 0 Å². The van der Waals surface area contributed by atoms with E-state index in [1.807, 2.05) is 31.2 Å². The lowest BCUT2D eigenvalue weighted by molar-refractivity contribution is -0.186. The lowest BCUT2D eigenvalue weighted by Crippen LogP contribution is -2.46. The number of carbonyl (C=O) groups excluding carboxylic acids is 2. The van der Waals surface area contributed by atoms with Gasteiger partial charge in [-0.3, -0.25) is 9.59 Å². The number of benzene rings is 1. The molecule has 1 N–H and O–H groups in total. The molecule has 0 radical (unpaired) electrons. The first-order valence-electron chi connectivity index (χ1n) is 7.94. The van der Waals surface area contributed by atoms with Gasteiger partial charge in [0.2, 0.25) is 5.91 Å². The lowest BCUT2D eigenvalue weighted by Gasteiger charge is -2.32. The van der Waals surface area contributed by atoms with Gasteiger partial charge < -0.3 is 10.2 Å². The highest BCUT2D eigenvalue weighted by molar-refractivity contribution is 5.82. The molecular formula is C17H21F3N2O2. The minimum absolute atomic E-state index is 0.0801. The van der Waals surface area contributed by atoms with Crippen LogP contribution in [0.1, 0.15) is 24.0 Å². The van der Waals surface area contributed by atoms with Crippen LogP contribution in [0.2, 0.25) is 0 Å². The fraction of sp³-hybridized carbons (Fsp3) is 0.529. The van der Waals surface area contributed by atoms with Crippen molar-refractivity contribution in [1.29, 1.82) is 0 Å². The third-order valence-corrected chi connectivity index (χ3v) is 4.18. The SMILES string of the molecule is Cc1cccc(CC(=O)NCC2CCN(C(=O)C(F)(F)F)CC2)c1. The highest BCUT2D eigenvalue weighted by atomic mass is 19.4. The van der Waals surface area contributed by atoms with Crippen molar-refractivity contribution in [2.75, 3.05) is 19.6 Å². The second kappa shape index (κ2) is 7.68. The smallest absolute Gasteiger partial charge is 0.356 e. The highest BCUT2D eigenvalue weighted by Crippen LogP contribution is 2.23. The van der Waals surface area contributed by atoms with Crippen LogP contribution in [0, 0.1) is 12.8 Å². The molecule has 0 unspecified atom stereocenters. The number of amides is 2. The number of carbonyl (C=O) groups is 2. The fourth-order valence-corrected chi connectivity index (χ4v) is 2.85. The van der Waals surface area contributed by atoms with Gasteiger partial charge in [0.15, 0.2) is 0 Å². The van der Waals surface area contributed by atoms with Gasteiger partial charge in [0.05, 0.1) is 6.42 Å². The molecule has 1 saturated heterocycles. The molecule has 2 amide bonds. The van der Waals surface area contributed by atoms with Crippen LogP contribution in [-0.4, -0.2) is 42.5 Å². The molecule has 1 heterocycles. The molecule has 24 heavy (non-hydrogen) atoms. The number of aryl methyl sites for hydroxylation is 1. The van der Waals surface area contributed by atoms with E-state index in [-0.39, 0.29) is 31.3 Å². The molecule has 2 rings (SSSR count). The molecule has 4 nitrogen and oxygen atoms in total. The minimum atomic E-state index is -4.81.